The molecule has 0 saturated heterocycles. The average Bonchev–Trinajstić information content (AvgIpc) is 2.09. The highest BCUT2D eigenvalue weighted by atomic mass is 35.7. The number of halogens is 2. The van der Waals surface area contributed by atoms with E-state index in [0.29, 0.717) is 11.1 Å². The van der Waals surface area contributed by atoms with Gasteiger partial charge in [-0.05, 0) is 17.7 Å². The van der Waals surface area contributed by atoms with Gasteiger partial charge in [0.1, 0.15) is 5.82 Å². The minimum atomic E-state index is -3.61. The highest BCUT2D eigenvalue weighted by Crippen LogP contribution is 2.15. The van der Waals surface area contributed by atoms with Gasteiger partial charge in [0, 0.05) is 23.4 Å². The SMILES string of the molecule is COCc1cc(CS(=O)(=O)Cl)ccc1F. The lowest BCUT2D eigenvalue weighted by Gasteiger charge is -2.04. The van der Waals surface area contributed by atoms with Gasteiger partial charge in [-0.2, -0.15) is 0 Å². The average molecular weight is 253 g/mol. The first kappa shape index (κ1) is 12.4. The molecule has 1 aromatic rings. The van der Waals surface area contributed by atoms with Crippen molar-refractivity contribution in [3.8, 4) is 0 Å². The lowest BCUT2D eigenvalue weighted by Crippen LogP contribution is -1.99. The Morgan fingerprint density at radius 1 is 1.47 bits per heavy atom. The molecule has 1 aromatic carbocycles. The van der Waals surface area contributed by atoms with E-state index in [1.807, 2.05) is 0 Å². The van der Waals surface area contributed by atoms with E-state index in [4.69, 9.17) is 15.4 Å². The first-order valence-electron chi connectivity index (χ1n) is 4.11. The van der Waals surface area contributed by atoms with Crippen molar-refractivity contribution in [2.75, 3.05) is 7.11 Å². The van der Waals surface area contributed by atoms with Crippen molar-refractivity contribution in [3.05, 3.63) is 35.1 Å². The van der Waals surface area contributed by atoms with Crippen LogP contribution in [0.2, 0.25) is 0 Å². The highest BCUT2D eigenvalue weighted by molar-refractivity contribution is 8.13. The summed E-state index contributed by atoms with van der Waals surface area (Å²) in [5.74, 6) is -0.737. The minimum Gasteiger partial charge on any atom is -0.380 e. The molecule has 0 fully saturated rings. The Balaban J connectivity index is 2.97. The highest BCUT2D eigenvalue weighted by Gasteiger charge is 2.09. The molecule has 0 spiro atoms. The van der Waals surface area contributed by atoms with E-state index in [0.717, 1.165) is 0 Å². The summed E-state index contributed by atoms with van der Waals surface area (Å²) in [7, 11) is 2.91. The molecule has 3 nitrogen and oxygen atoms in total. The van der Waals surface area contributed by atoms with Gasteiger partial charge in [0.05, 0.1) is 12.4 Å². The van der Waals surface area contributed by atoms with Gasteiger partial charge in [-0.25, -0.2) is 12.8 Å². The number of hydrogen-bond donors (Lipinski definition) is 0. The zero-order valence-corrected chi connectivity index (χ0v) is 9.61. The fraction of sp³-hybridized carbons (Fsp3) is 0.333. The third-order valence-corrected chi connectivity index (χ3v) is 2.75. The smallest absolute Gasteiger partial charge is 0.236 e. The van der Waals surface area contributed by atoms with Gasteiger partial charge in [0.15, 0.2) is 0 Å². The van der Waals surface area contributed by atoms with Gasteiger partial charge in [0.2, 0.25) is 9.05 Å². The summed E-state index contributed by atoms with van der Waals surface area (Å²) in [5.41, 5.74) is 0.758. The zero-order chi connectivity index (χ0) is 11.5. The van der Waals surface area contributed by atoms with Crippen LogP contribution in [0.25, 0.3) is 0 Å². The van der Waals surface area contributed by atoms with Gasteiger partial charge in [-0.3, -0.25) is 0 Å². The van der Waals surface area contributed by atoms with Crippen molar-refractivity contribution < 1.29 is 17.5 Å². The van der Waals surface area contributed by atoms with E-state index < -0.39 is 14.9 Å². The topological polar surface area (TPSA) is 43.4 Å². The van der Waals surface area contributed by atoms with Crippen molar-refractivity contribution in [3.63, 3.8) is 0 Å². The second-order valence-electron chi connectivity index (χ2n) is 3.04. The first-order valence-corrected chi connectivity index (χ1v) is 6.59. The van der Waals surface area contributed by atoms with Crippen LogP contribution in [0.4, 0.5) is 4.39 Å². The van der Waals surface area contributed by atoms with Crippen LogP contribution < -0.4 is 0 Å². The van der Waals surface area contributed by atoms with Crippen LogP contribution in [0.5, 0.6) is 0 Å². The van der Waals surface area contributed by atoms with E-state index in [9.17, 15) is 12.8 Å². The molecule has 0 aromatic heterocycles. The number of ether oxygens (including phenoxy) is 1. The largest absolute Gasteiger partial charge is 0.380 e. The molecule has 0 aliphatic carbocycles. The molecule has 0 atom stereocenters. The number of methoxy groups -OCH3 is 1. The van der Waals surface area contributed by atoms with Crippen LogP contribution in [-0.2, 0) is 26.1 Å². The Morgan fingerprint density at radius 3 is 2.67 bits per heavy atom. The quantitative estimate of drug-likeness (QED) is 0.771. The zero-order valence-electron chi connectivity index (χ0n) is 8.04. The Morgan fingerprint density at radius 2 is 2.13 bits per heavy atom. The molecular weight excluding hydrogens is 243 g/mol. The van der Waals surface area contributed by atoms with Gasteiger partial charge in [-0.15, -0.1) is 0 Å². The van der Waals surface area contributed by atoms with Crippen molar-refractivity contribution in [2.24, 2.45) is 0 Å². The van der Waals surface area contributed by atoms with Crippen molar-refractivity contribution >= 4 is 19.7 Å². The van der Waals surface area contributed by atoms with E-state index in [-0.39, 0.29) is 12.4 Å². The fourth-order valence-electron chi connectivity index (χ4n) is 1.18. The molecule has 0 saturated carbocycles. The summed E-state index contributed by atoms with van der Waals surface area (Å²) >= 11 is 0. The third kappa shape index (κ3) is 4.15. The maximum absolute atomic E-state index is 13.1. The predicted molar refractivity (Wildman–Crippen MR) is 55.6 cm³/mol. The van der Waals surface area contributed by atoms with Crippen LogP contribution in [0.3, 0.4) is 0 Å². The molecule has 0 amide bonds. The number of hydrogen-bond acceptors (Lipinski definition) is 3. The Kier molecular flexibility index (Phi) is 4.07. The lowest BCUT2D eigenvalue weighted by molar-refractivity contribution is 0.181. The maximum Gasteiger partial charge on any atom is 0.236 e. The molecule has 84 valence electrons. The molecule has 0 unspecified atom stereocenters. The molecule has 0 aliphatic heterocycles. The monoisotopic (exact) mass is 252 g/mol. The molecule has 0 radical (unpaired) electrons. The standard InChI is InChI=1S/C9H10ClFO3S/c1-14-5-8-4-7(2-3-9(8)11)6-15(10,12)13/h2-4H,5-6H2,1H3. The third-order valence-electron chi connectivity index (χ3n) is 1.75. The Bertz CT molecular complexity index is 445. The van der Waals surface area contributed by atoms with Crippen LogP contribution in [-0.4, -0.2) is 15.5 Å². The maximum atomic E-state index is 13.1. The molecule has 0 N–H and O–H groups in total. The van der Waals surface area contributed by atoms with E-state index in [1.54, 1.807) is 0 Å². The normalized spacial score (nSPS) is 11.7. The van der Waals surface area contributed by atoms with Crippen molar-refractivity contribution in [1.82, 2.24) is 0 Å². The second kappa shape index (κ2) is 4.92. The van der Waals surface area contributed by atoms with Crippen molar-refractivity contribution in [1.29, 1.82) is 0 Å². The van der Waals surface area contributed by atoms with Crippen LogP contribution in [0, 0.1) is 5.82 Å². The van der Waals surface area contributed by atoms with E-state index in [1.165, 1.54) is 25.3 Å². The minimum absolute atomic E-state index is 0.0992. The second-order valence-corrected chi connectivity index (χ2v) is 5.82. The van der Waals surface area contributed by atoms with Crippen molar-refractivity contribution in [2.45, 2.75) is 12.4 Å². The summed E-state index contributed by atoms with van der Waals surface area (Å²) in [6.07, 6.45) is 0. The molecule has 0 heterocycles. The van der Waals surface area contributed by atoms with Gasteiger partial charge >= 0.3 is 0 Å². The molecule has 0 aliphatic rings. The number of rotatable bonds is 4. The van der Waals surface area contributed by atoms with Gasteiger partial charge < -0.3 is 4.74 Å². The Labute approximate surface area is 92.2 Å². The van der Waals surface area contributed by atoms with E-state index >= 15 is 0 Å². The molecular formula is C9H10ClFO3S. The first-order chi connectivity index (χ1) is 6.92. The summed E-state index contributed by atoms with van der Waals surface area (Å²) in [5, 5.41) is 0. The van der Waals surface area contributed by atoms with Crippen LogP contribution >= 0.6 is 10.7 Å². The molecule has 15 heavy (non-hydrogen) atoms. The number of benzene rings is 1. The lowest BCUT2D eigenvalue weighted by atomic mass is 10.1. The molecule has 1 rings (SSSR count). The van der Waals surface area contributed by atoms with Gasteiger partial charge in [-0.1, -0.05) is 6.07 Å². The molecule has 6 heteroatoms. The Hall–Kier alpha value is -0.650. The predicted octanol–water partition coefficient (Wildman–Crippen LogP) is 2.04. The summed E-state index contributed by atoms with van der Waals surface area (Å²) in [6.45, 7) is 0.0992. The molecule has 0 bridgehead atoms. The summed E-state index contributed by atoms with van der Waals surface area (Å²) in [6, 6.07) is 4.01. The van der Waals surface area contributed by atoms with Crippen LogP contribution in [0.1, 0.15) is 11.1 Å². The van der Waals surface area contributed by atoms with Gasteiger partial charge in [0.25, 0.3) is 0 Å². The summed E-state index contributed by atoms with van der Waals surface area (Å²) < 4.78 is 39.5. The fourth-order valence-corrected chi connectivity index (χ4v) is 2.14. The van der Waals surface area contributed by atoms with E-state index in [2.05, 4.69) is 0 Å². The van der Waals surface area contributed by atoms with Crippen LogP contribution in [0.15, 0.2) is 18.2 Å². The summed E-state index contributed by atoms with van der Waals surface area (Å²) in [4.78, 5) is 0.